The Labute approximate surface area is 219 Å². The van der Waals surface area contributed by atoms with E-state index in [1.165, 1.54) is 25.7 Å². The average Bonchev–Trinajstić information content (AvgIpc) is 3.73. The van der Waals surface area contributed by atoms with Gasteiger partial charge in [0, 0.05) is 47.8 Å². The molecule has 1 saturated carbocycles. The van der Waals surface area contributed by atoms with Gasteiger partial charge in [0.05, 0.1) is 34.8 Å². The number of aromatic nitrogens is 8. The molecule has 1 aliphatic carbocycles. The number of pyridine rings is 4. The van der Waals surface area contributed by atoms with Gasteiger partial charge >= 0.3 is 0 Å². The SMILES string of the molecule is c1ccc(-c2cncc3[nH]c(-c4n[nH]c5cnc(-c6cncc(CNCC7CCCC7)c6)cc45)nc23)nc1. The summed E-state index contributed by atoms with van der Waals surface area (Å²) in [7, 11) is 0. The van der Waals surface area contributed by atoms with Crippen LogP contribution in [0, 0.1) is 5.92 Å². The summed E-state index contributed by atoms with van der Waals surface area (Å²) in [4.78, 5) is 26.3. The van der Waals surface area contributed by atoms with Crippen LogP contribution in [-0.4, -0.2) is 46.6 Å². The molecule has 6 aromatic heterocycles. The van der Waals surface area contributed by atoms with Crippen LogP contribution in [0.5, 0.6) is 0 Å². The number of fused-ring (bicyclic) bond motifs is 2. The van der Waals surface area contributed by atoms with Crippen LogP contribution in [0.1, 0.15) is 31.2 Å². The van der Waals surface area contributed by atoms with Crippen molar-refractivity contribution >= 4 is 21.9 Å². The third-order valence-corrected chi connectivity index (χ3v) is 7.33. The van der Waals surface area contributed by atoms with Gasteiger partial charge in [0.2, 0.25) is 0 Å². The van der Waals surface area contributed by atoms with Gasteiger partial charge in [0.15, 0.2) is 5.82 Å². The lowest BCUT2D eigenvalue weighted by Gasteiger charge is -2.11. The highest BCUT2D eigenvalue weighted by molar-refractivity contribution is 5.97. The summed E-state index contributed by atoms with van der Waals surface area (Å²) in [5.41, 5.74) is 7.88. The van der Waals surface area contributed by atoms with Crippen molar-refractivity contribution in [2.24, 2.45) is 5.92 Å². The number of H-pyrrole nitrogens is 2. The van der Waals surface area contributed by atoms with Crippen LogP contribution in [0.15, 0.2) is 67.5 Å². The zero-order valence-corrected chi connectivity index (χ0v) is 20.9. The molecular weight excluding hydrogens is 474 g/mol. The molecule has 9 nitrogen and oxygen atoms in total. The van der Waals surface area contributed by atoms with Crippen molar-refractivity contribution in [3.63, 3.8) is 0 Å². The molecule has 9 heteroatoms. The monoisotopic (exact) mass is 501 g/mol. The first-order valence-electron chi connectivity index (χ1n) is 13.1. The third kappa shape index (κ3) is 4.31. The molecule has 0 atom stereocenters. The molecule has 188 valence electrons. The van der Waals surface area contributed by atoms with E-state index in [4.69, 9.17) is 4.98 Å². The van der Waals surface area contributed by atoms with E-state index < -0.39 is 0 Å². The summed E-state index contributed by atoms with van der Waals surface area (Å²) in [6.07, 6.45) is 16.4. The van der Waals surface area contributed by atoms with E-state index in [-0.39, 0.29) is 0 Å². The second-order valence-corrected chi connectivity index (χ2v) is 9.93. The summed E-state index contributed by atoms with van der Waals surface area (Å²) in [6, 6.07) is 10.0. The number of aromatic amines is 2. The van der Waals surface area contributed by atoms with Crippen molar-refractivity contribution in [1.29, 1.82) is 0 Å². The molecule has 0 unspecified atom stereocenters. The van der Waals surface area contributed by atoms with Gasteiger partial charge in [-0.15, -0.1) is 0 Å². The molecule has 0 aliphatic heterocycles. The number of rotatable bonds is 7. The molecule has 1 aliphatic rings. The van der Waals surface area contributed by atoms with Crippen molar-refractivity contribution in [1.82, 2.24) is 45.4 Å². The minimum atomic E-state index is 0.663. The zero-order valence-electron chi connectivity index (χ0n) is 20.9. The van der Waals surface area contributed by atoms with Crippen molar-refractivity contribution in [3.8, 4) is 34.0 Å². The van der Waals surface area contributed by atoms with Gasteiger partial charge in [-0.3, -0.25) is 25.0 Å². The predicted octanol–water partition coefficient (Wildman–Crippen LogP) is 5.30. The molecule has 0 radical (unpaired) electrons. The topological polar surface area (TPSA) is 121 Å². The highest BCUT2D eigenvalue weighted by atomic mass is 15.1. The predicted molar refractivity (Wildman–Crippen MR) is 147 cm³/mol. The normalized spacial score (nSPS) is 14.1. The Hall–Kier alpha value is -4.50. The van der Waals surface area contributed by atoms with Crippen LogP contribution in [0.2, 0.25) is 0 Å². The lowest BCUT2D eigenvalue weighted by molar-refractivity contribution is 0.489. The van der Waals surface area contributed by atoms with Crippen molar-refractivity contribution in [3.05, 3.63) is 73.1 Å². The lowest BCUT2D eigenvalue weighted by atomic mass is 10.1. The fourth-order valence-electron chi connectivity index (χ4n) is 5.37. The van der Waals surface area contributed by atoms with E-state index in [0.29, 0.717) is 5.82 Å². The highest BCUT2D eigenvalue weighted by Crippen LogP contribution is 2.31. The summed E-state index contributed by atoms with van der Waals surface area (Å²) < 4.78 is 0. The second kappa shape index (κ2) is 9.75. The Balaban J connectivity index is 1.20. The van der Waals surface area contributed by atoms with Crippen molar-refractivity contribution in [2.45, 2.75) is 32.2 Å². The smallest absolute Gasteiger partial charge is 0.159 e. The minimum absolute atomic E-state index is 0.663. The summed E-state index contributed by atoms with van der Waals surface area (Å²) >= 11 is 0. The Morgan fingerprint density at radius 2 is 1.82 bits per heavy atom. The molecule has 6 heterocycles. The maximum atomic E-state index is 4.91. The first-order valence-corrected chi connectivity index (χ1v) is 13.1. The summed E-state index contributed by atoms with van der Waals surface area (Å²) in [5.74, 6) is 1.47. The van der Waals surface area contributed by atoms with Gasteiger partial charge in [-0.25, -0.2) is 4.98 Å². The highest BCUT2D eigenvalue weighted by Gasteiger charge is 2.17. The van der Waals surface area contributed by atoms with Crippen LogP contribution in [0.4, 0.5) is 0 Å². The zero-order chi connectivity index (χ0) is 25.3. The first kappa shape index (κ1) is 22.7. The molecule has 7 rings (SSSR count). The summed E-state index contributed by atoms with van der Waals surface area (Å²) in [5, 5.41) is 12.2. The number of nitrogens with one attached hydrogen (secondary N) is 3. The van der Waals surface area contributed by atoms with Gasteiger partial charge in [-0.2, -0.15) is 5.10 Å². The van der Waals surface area contributed by atoms with Crippen LogP contribution in [0.3, 0.4) is 0 Å². The van der Waals surface area contributed by atoms with E-state index >= 15 is 0 Å². The van der Waals surface area contributed by atoms with Gasteiger partial charge < -0.3 is 10.3 Å². The van der Waals surface area contributed by atoms with Crippen molar-refractivity contribution in [2.75, 3.05) is 6.54 Å². The molecule has 38 heavy (non-hydrogen) atoms. The molecule has 0 spiro atoms. The molecule has 1 fully saturated rings. The van der Waals surface area contributed by atoms with E-state index in [1.807, 2.05) is 42.9 Å². The lowest BCUT2D eigenvalue weighted by Crippen LogP contribution is -2.20. The van der Waals surface area contributed by atoms with Crippen LogP contribution in [-0.2, 0) is 6.54 Å². The standard InChI is InChI=1S/C29H27N9/c1-2-6-18(5-1)11-30-12-19-9-20(14-31-13-19)24-10-21-25(17-34-24)37-38-28(21)29-35-26-16-32-15-22(27(26)36-29)23-7-3-4-8-33-23/h3-4,7-10,13-18,30H,1-2,5-6,11-12H2,(H,35,36)(H,37,38). The van der Waals surface area contributed by atoms with Crippen molar-refractivity contribution < 1.29 is 0 Å². The molecule has 6 aromatic rings. The molecule has 3 N–H and O–H groups in total. The quantitative estimate of drug-likeness (QED) is 0.271. The largest absolute Gasteiger partial charge is 0.335 e. The fraction of sp³-hybridized carbons (Fsp3) is 0.241. The van der Waals surface area contributed by atoms with E-state index in [0.717, 1.165) is 74.7 Å². The molecule has 0 aromatic carbocycles. The van der Waals surface area contributed by atoms with E-state index in [2.05, 4.69) is 46.5 Å². The number of hydrogen-bond donors (Lipinski definition) is 3. The molecule has 0 amide bonds. The maximum Gasteiger partial charge on any atom is 0.159 e. The van der Waals surface area contributed by atoms with E-state index in [1.54, 1.807) is 18.6 Å². The second-order valence-electron chi connectivity index (χ2n) is 9.93. The van der Waals surface area contributed by atoms with Crippen LogP contribution in [0.25, 0.3) is 56.0 Å². The van der Waals surface area contributed by atoms with Gasteiger partial charge in [0.25, 0.3) is 0 Å². The Morgan fingerprint density at radius 3 is 2.71 bits per heavy atom. The molecular formula is C29H27N9. The number of hydrogen-bond acceptors (Lipinski definition) is 7. The molecule has 0 bridgehead atoms. The first-order chi connectivity index (χ1) is 18.8. The molecule has 0 saturated heterocycles. The van der Waals surface area contributed by atoms with Gasteiger partial charge in [0.1, 0.15) is 11.2 Å². The Bertz CT molecular complexity index is 1710. The maximum absolute atomic E-state index is 4.91. The Kier molecular flexibility index (Phi) is 5.82. The minimum Gasteiger partial charge on any atom is -0.335 e. The van der Waals surface area contributed by atoms with Crippen LogP contribution < -0.4 is 5.32 Å². The van der Waals surface area contributed by atoms with Gasteiger partial charge in [-0.05, 0) is 55.1 Å². The Morgan fingerprint density at radius 1 is 0.895 bits per heavy atom. The average molecular weight is 502 g/mol. The fourth-order valence-corrected chi connectivity index (χ4v) is 5.37. The van der Waals surface area contributed by atoms with Gasteiger partial charge in [-0.1, -0.05) is 18.9 Å². The number of nitrogens with zero attached hydrogens (tertiary/aromatic N) is 6. The van der Waals surface area contributed by atoms with E-state index in [9.17, 15) is 0 Å². The third-order valence-electron chi connectivity index (χ3n) is 7.33. The van der Waals surface area contributed by atoms with Crippen LogP contribution >= 0.6 is 0 Å². The number of imidazole rings is 1. The summed E-state index contributed by atoms with van der Waals surface area (Å²) in [6.45, 7) is 1.88.